The molecule has 0 saturated carbocycles. The van der Waals surface area contributed by atoms with Crippen LogP contribution in [0.3, 0.4) is 0 Å². The molecule has 0 fully saturated rings. The molecule has 0 spiro atoms. The van der Waals surface area contributed by atoms with Gasteiger partial charge in [0.1, 0.15) is 5.83 Å². The third-order valence-electron chi connectivity index (χ3n) is 1.60. The number of halogens is 4. The van der Waals surface area contributed by atoms with E-state index in [4.69, 9.17) is 5.73 Å². The minimum atomic E-state index is -4.39. The monoisotopic (exact) mass is 181 g/mol. The molecular formula is C7H7F4N. The molecule has 0 heterocycles. The topological polar surface area (TPSA) is 26.0 Å². The predicted molar refractivity (Wildman–Crippen MR) is 35.9 cm³/mol. The largest absolute Gasteiger partial charge is 0.412 e. The summed E-state index contributed by atoms with van der Waals surface area (Å²) in [7, 11) is 0. The van der Waals surface area contributed by atoms with E-state index in [1.165, 1.54) is 0 Å². The lowest BCUT2D eigenvalue weighted by Crippen LogP contribution is -2.27. The molecule has 2 N–H and O–H groups in total. The molecule has 1 rings (SSSR count). The lowest BCUT2D eigenvalue weighted by molar-refractivity contribution is -0.0946. The molecule has 0 amide bonds. The normalized spacial score (nSPS) is 24.9. The predicted octanol–water partition coefficient (Wildman–Crippen LogP) is 2.06. The van der Waals surface area contributed by atoms with Crippen LogP contribution in [0.15, 0.2) is 23.6 Å². The van der Waals surface area contributed by atoms with Crippen LogP contribution in [-0.2, 0) is 0 Å². The van der Waals surface area contributed by atoms with Gasteiger partial charge in [-0.1, -0.05) is 6.08 Å². The fraction of sp³-hybridized carbons (Fsp3) is 0.429. The summed E-state index contributed by atoms with van der Waals surface area (Å²) in [4.78, 5) is 0. The van der Waals surface area contributed by atoms with Crippen molar-refractivity contribution in [3.63, 3.8) is 0 Å². The zero-order valence-corrected chi connectivity index (χ0v) is 6.03. The van der Waals surface area contributed by atoms with Crippen molar-refractivity contribution in [2.45, 2.75) is 18.6 Å². The van der Waals surface area contributed by atoms with Crippen molar-refractivity contribution >= 4 is 0 Å². The maximum absolute atomic E-state index is 12.5. The highest BCUT2D eigenvalue weighted by Gasteiger charge is 2.35. The standard InChI is InChI=1S/C7H7F4N/c8-5-2-1-4(3-6(5)12)7(9,10)11/h1-2,6H,3,12H2. The van der Waals surface area contributed by atoms with Gasteiger partial charge in [-0.3, -0.25) is 0 Å². The van der Waals surface area contributed by atoms with E-state index in [0.717, 1.165) is 12.2 Å². The highest BCUT2D eigenvalue weighted by molar-refractivity contribution is 5.27. The van der Waals surface area contributed by atoms with E-state index in [1.807, 2.05) is 0 Å². The van der Waals surface area contributed by atoms with Gasteiger partial charge in [-0.05, 0) is 12.5 Å². The first-order chi connectivity index (χ1) is 5.41. The molecule has 5 heteroatoms. The number of allylic oxidation sites excluding steroid dienone is 2. The van der Waals surface area contributed by atoms with Crippen LogP contribution >= 0.6 is 0 Å². The van der Waals surface area contributed by atoms with Crippen LogP contribution in [0.25, 0.3) is 0 Å². The van der Waals surface area contributed by atoms with Crippen molar-refractivity contribution in [1.29, 1.82) is 0 Å². The van der Waals surface area contributed by atoms with E-state index in [0.29, 0.717) is 0 Å². The second-order valence-electron chi connectivity index (χ2n) is 2.55. The Bertz CT molecular complexity index is 238. The Morgan fingerprint density at radius 2 is 1.92 bits per heavy atom. The van der Waals surface area contributed by atoms with Crippen molar-refractivity contribution in [1.82, 2.24) is 0 Å². The average molecular weight is 181 g/mol. The van der Waals surface area contributed by atoms with E-state index in [-0.39, 0.29) is 0 Å². The fourth-order valence-electron chi connectivity index (χ4n) is 0.916. The van der Waals surface area contributed by atoms with E-state index >= 15 is 0 Å². The third kappa shape index (κ3) is 1.85. The van der Waals surface area contributed by atoms with Gasteiger partial charge in [0, 0.05) is 5.57 Å². The molecule has 1 unspecified atom stereocenters. The molecule has 68 valence electrons. The maximum atomic E-state index is 12.5. The highest BCUT2D eigenvalue weighted by Crippen LogP contribution is 2.32. The minimum Gasteiger partial charge on any atom is -0.322 e. The maximum Gasteiger partial charge on any atom is 0.412 e. The number of alkyl halides is 3. The molecule has 0 bridgehead atoms. The van der Waals surface area contributed by atoms with Crippen LogP contribution in [0, 0.1) is 0 Å². The van der Waals surface area contributed by atoms with E-state index in [2.05, 4.69) is 0 Å². The SMILES string of the molecule is NC1CC(C(F)(F)F)=CC=C1F. The molecule has 0 aromatic carbocycles. The molecule has 0 radical (unpaired) electrons. The van der Waals surface area contributed by atoms with Crippen LogP contribution in [0.2, 0.25) is 0 Å². The second-order valence-corrected chi connectivity index (χ2v) is 2.55. The molecule has 0 aliphatic heterocycles. The smallest absolute Gasteiger partial charge is 0.322 e. The number of nitrogens with two attached hydrogens (primary N) is 1. The molecule has 0 aromatic rings. The molecule has 12 heavy (non-hydrogen) atoms. The Labute approximate surface area is 66.5 Å². The molecule has 1 aliphatic carbocycles. The lowest BCUT2D eigenvalue weighted by atomic mass is 10.00. The van der Waals surface area contributed by atoms with Gasteiger partial charge in [-0.25, -0.2) is 4.39 Å². The molecule has 1 atom stereocenters. The lowest BCUT2D eigenvalue weighted by Gasteiger charge is -2.18. The van der Waals surface area contributed by atoms with Crippen LogP contribution in [0.4, 0.5) is 17.6 Å². The van der Waals surface area contributed by atoms with Gasteiger partial charge < -0.3 is 5.73 Å². The van der Waals surface area contributed by atoms with E-state index < -0.39 is 30.0 Å². The summed E-state index contributed by atoms with van der Waals surface area (Å²) in [6, 6.07) is -1.15. The van der Waals surface area contributed by atoms with Crippen LogP contribution in [0.1, 0.15) is 6.42 Å². The Kier molecular flexibility index (Phi) is 2.23. The Morgan fingerprint density at radius 3 is 2.33 bits per heavy atom. The van der Waals surface area contributed by atoms with E-state index in [1.54, 1.807) is 0 Å². The zero-order chi connectivity index (χ0) is 9.35. The first-order valence-electron chi connectivity index (χ1n) is 3.30. The number of hydrogen-bond acceptors (Lipinski definition) is 1. The van der Waals surface area contributed by atoms with Crippen molar-refractivity contribution in [2.75, 3.05) is 0 Å². The molecule has 0 saturated heterocycles. The van der Waals surface area contributed by atoms with E-state index in [9.17, 15) is 17.6 Å². The van der Waals surface area contributed by atoms with Gasteiger partial charge in [-0.15, -0.1) is 0 Å². The van der Waals surface area contributed by atoms with Crippen LogP contribution in [-0.4, -0.2) is 12.2 Å². The van der Waals surface area contributed by atoms with Gasteiger partial charge in [0.05, 0.1) is 6.04 Å². The minimum absolute atomic E-state index is 0.480. The number of rotatable bonds is 0. The summed E-state index contributed by atoms with van der Waals surface area (Å²) in [6.07, 6.45) is -3.39. The summed E-state index contributed by atoms with van der Waals surface area (Å²) in [5.74, 6) is -0.706. The number of hydrogen-bond donors (Lipinski definition) is 1. The molecule has 1 aliphatic rings. The van der Waals surface area contributed by atoms with Crippen molar-refractivity contribution in [3.05, 3.63) is 23.6 Å². The Balaban J connectivity index is 2.84. The van der Waals surface area contributed by atoms with Gasteiger partial charge in [0.2, 0.25) is 0 Å². The summed E-state index contributed by atoms with van der Waals surface area (Å²) in [5, 5.41) is 0. The Morgan fingerprint density at radius 1 is 1.33 bits per heavy atom. The van der Waals surface area contributed by atoms with Gasteiger partial charge in [-0.2, -0.15) is 13.2 Å². The van der Waals surface area contributed by atoms with Gasteiger partial charge in [0.25, 0.3) is 0 Å². The molecular weight excluding hydrogens is 174 g/mol. The molecule has 1 nitrogen and oxygen atoms in total. The second kappa shape index (κ2) is 2.90. The Hall–Kier alpha value is -0.840. The summed E-state index contributed by atoms with van der Waals surface area (Å²) >= 11 is 0. The third-order valence-corrected chi connectivity index (χ3v) is 1.60. The molecule has 0 aromatic heterocycles. The summed E-state index contributed by atoms with van der Waals surface area (Å²) < 4.78 is 48.4. The van der Waals surface area contributed by atoms with Crippen molar-refractivity contribution in [2.24, 2.45) is 5.73 Å². The van der Waals surface area contributed by atoms with Gasteiger partial charge in [0.15, 0.2) is 0 Å². The quantitative estimate of drug-likeness (QED) is 0.568. The zero-order valence-electron chi connectivity index (χ0n) is 6.03. The summed E-state index contributed by atoms with van der Waals surface area (Å²) in [5.41, 5.74) is 4.30. The first-order valence-corrected chi connectivity index (χ1v) is 3.30. The highest BCUT2D eigenvalue weighted by atomic mass is 19.4. The van der Waals surface area contributed by atoms with Crippen LogP contribution in [0.5, 0.6) is 0 Å². The fourth-order valence-corrected chi connectivity index (χ4v) is 0.916. The van der Waals surface area contributed by atoms with Crippen molar-refractivity contribution in [3.8, 4) is 0 Å². The summed E-state index contributed by atoms with van der Waals surface area (Å²) in [6.45, 7) is 0. The van der Waals surface area contributed by atoms with Crippen molar-refractivity contribution < 1.29 is 17.6 Å². The average Bonchev–Trinajstić information content (AvgIpc) is 1.92. The van der Waals surface area contributed by atoms with Crippen LogP contribution < -0.4 is 5.73 Å². The first kappa shape index (κ1) is 9.25. The van der Waals surface area contributed by atoms with Gasteiger partial charge >= 0.3 is 6.18 Å².